The topological polar surface area (TPSA) is 155 Å². The second-order valence-corrected chi connectivity index (χ2v) is 12.1. The monoisotopic (exact) mass is 591 g/mol. The Morgan fingerprint density at radius 3 is 2.35 bits per heavy atom. The number of rotatable bonds is 9. The molecule has 0 atom stereocenters. The van der Waals surface area contributed by atoms with Gasteiger partial charge in [0.25, 0.3) is 5.91 Å². The van der Waals surface area contributed by atoms with Gasteiger partial charge in [-0.05, 0) is 108 Å². The molecule has 11 heteroatoms. The van der Waals surface area contributed by atoms with E-state index in [9.17, 15) is 9.59 Å². The van der Waals surface area contributed by atoms with Crippen molar-refractivity contribution in [1.29, 1.82) is 0 Å². The molecule has 0 radical (unpaired) electrons. The fourth-order valence-electron chi connectivity index (χ4n) is 5.44. The summed E-state index contributed by atoms with van der Waals surface area (Å²) in [7, 11) is 0. The minimum atomic E-state index is 0.00556. The summed E-state index contributed by atoms with van der Waals surface area (Å²) < 4.78 is 0. The average Bonchev–Trinajstić information content (AvgIpc) is 3.92. The largest absolute Gasteiger partial charge is 0.368 e. The zero-order valence-electron chi connectivity index (χ0n) is 26.1. The number of amides is 2. The summed E-state index contributed by atoms with van der Waals surface area (Å²) in [6, 6.07) is 4.06. The van der Waals surface area contributed by atoms with Gasteiger partial charge in [0.15, 0.2) is 5.82 Å². The SMILES string of the molecule is CCCC1=C(/C(C(=O)NCC2CC2)=C(\C)NC(=O)C2CC2)CCCC1.Cc1ccc(N2CCCC2)nn1.Nc1ncn[nH]1. The highest BCUT2D eigenvalue weighted by atomic mass is 16.2. The Morgan fingerprint density at radius 2 is 1.79 bits per heavy atom. The van der Waals surface area contributed by atoms with Crippen LogP contribution in [0.25, 0.3) is 0 Å². The molecule has 1 aliphatic heterocycles. The van der Waals surface area contributed by atoms with Gasteiger partial charge in [-0.2, -0.15) is 10.2 Å². The standard InChI is InChI=1S/C21H32N2O2.C9H13N3.C2H4N4/c1-3-6-16-7-4-5-8-18(16)19(21(25)22-13-15-9-10-15)14(2)23-20(24)17-11-12-17;1-8-4-5-9(11-10-8)12-6-2-3-7-12;3-2-4-1-5-6-2/h15,17H,3-13H2,1-2H3,(H,22,25)(H,23,24);4-5H,2-3,6-7H2,1H3;1H,(H3,3,4,5,6)/b19-14-;;. The number of aromatic nitrogens is 5. The number of aromatic amines is 1. The highest BCUT2D eigenvalue weighted by Crippen LogP contribution is 2.35. The third kappa shape index (κ3) is 10.5. The van der Waals surface area contributed by atoms with Crippen molar-refractivity contribution in [2.75, 3.05) is 30.3 Å². The number of anilines is 2. The van der Waals surface area contributed by atoms with E-state index < -0.39 is 0 Å². The van der Waals surface area contributed by atoms with Crippen LogP contribution < -0.4 is 21.3 Å². The predicted molar refractivity (Wildman–Crippen MR) is 169 cm³/mol. The van der Waals surface area contributed by atoms with Gasteiger partial charge in [-0.15, -0.1) is 5.10 Å². The number of nitrogens with zero attached hydrogens (tertiary/aromatic N) is 5. The lowest BCUT2D eigenvalue weighted by Crippen LogP contribution is -2.33. The van der Waals surface area contributed by atoms with Gasteiger partial charge in [0.1, 0.15) is 6.33 Å². The van der Waals surface area contributed by atoms with E-state index in [0.717, 1.165) is 87.4 Å². The molecule has 2 aromatic heterocycles. The molecule has 0 unspecified atom stereocenters. The van der Waals surface area contributed by atoms with Gasteiger partial charge in [0.2, 0.25) is 11.9 Å². The molecule has 2 aromatic rings. The summed E-state index contributed by atoms with van der Waals surface area (Å²) in [5, 5.41) is 20.2. The minimum absolute atomic E-state index is 0.00556. The molecule has 0 aromatic carbocycles. The first kappa shape index (κ1) is 32.2. The van der Waals surface area contributed by atoms with E-state index in [2.05, 4.69) is 47.8 Å². The van der Waals surface area contributed by atoms with Crippen LogP contribution in [0.15, 0.2) is 40.9 Å². The van der Waals surface area contributed by atoms with Gasteiger partial charge in [-0.25, -0.2) is 10.1 Å². The predicted octanol–water partition coefficient (Wildman–Crippen LogP) is 4.76. The number of allylic oxidation sites excluding steroid dienone is 2. The van der Waals surface area contributed by atoms with Crippen molar-refractivity contribution >= 4 is 23.6 Å². The van der Waals surface area contributed by atoms with Crippen molar-refractivity contribution in [1.82, 2.24) is 36.0 Å². The van der Waals surface area contributed by atoms with E-state index in [-0.39, 0.29) is 17.7 Å². The molecule has 3 fully saturated rings. The molecule has 3 heterocycles. The third-order valence-electron chi connectivity index (χ3n) is 8.19. The van der Waals surface area contributed by atoms with Crippen LogP contribution in [0, 0.1) is 18.8 Å². The van der Waals surface area contributed by atoms with Crippen molar-refractivity contribution in [3.8, 4) is 0 Å². The lowest BCUT2D eigenvalue weighted by molar-refractivity contribution is -0.121. The molecule has 11 nitrogen and oxygen atoms in total. The smallest absolute Gasteiger partial charge is 0.253 e. The Kier molecular flexibility index (Phi) is 12.1. The van der Waals surface area contributed by atoms with E-state index in [1.165, 1.54) is 49.6 Å². The van der Waals surface area contributed by atoms with Crippen molar-refractivity contribution in [2.45, 2.75) is 97.8 Å². The Morgan fingerprint density at radius 1 is 1.05 bits per heavy atom. The van der Waals surface area contributed by atoms with Crippen LogP contribution in [0.5, 0.6) is 0 Å². The quantitative estimate of drug-likeness (QED) is 0.305. The molecule has 0 bridgehead atoms. The van der Waals surface area contributed by atoms with E-state index in [1.54, 1.807) is 0 Å². The van der Waals surface area contributed by atoms with Crippen molar-refractivity contribution < 1.29 is 9.59 Å². The summed E-state index contributed by atoms with van der Waals surface area (Å²) in [4.78, 5) is 31.0. The van der Waals surface area contributed by atoms with Crippen LogP contribution in [0.4, 0.5) is 11.8 Å². The number of H-pyrrole nitrogens is 1. The van der Waals surface area contributed by atoms with Crippen LogP contribution in [-0.4, -0.2) is 56.8 Å². The Labute approximate surface area is 255 Å². The molecule has 2 saturated carbocycles. The highest BCUT2D eigenvalue weighted by Gasteiger charge is 2.31. The molecule has 5 N–H and O–H groups in total. The van der Waals surface area contributed by atoms with Crippen molar-refractivity contribution in [2.24, 2.45) is 11.8 Å². The first-order valence-corrected chi connectivity index (χ1v) is 16.0. The average molecular weight is 592 g/mol. The molecule has 0 spiro atoms. The molecule has 6 rings (SSSR count). The molecular formula is C32H49N9O2. The zero-order chi connectivity index (χ0) is 30.6. The van der Waals surface area contributed by atoms with E-state index in [0.29, 0.717) is 11.9 Å². The number of carbonyl (C=O) groups is 2. The van der Waals surface area contributed by atoms with Gasteiger partial charge in [0, 0.05) is 31.2 Å². The summed E-state index contributed by atoms with van der Waals surface area (Å²) in [5.74, 6) is 2.28. The molecule has 43 heavy (non-hydrogen) atoms. The van der Waals surface area contributed by atoms with Crippen LogP contribution in [0.2, 0.25) is 0 Å². The summed E-state index contributed by atoms with van der Waals surface area (Å²) >= 11 is 0. The van der Waals surface area contributed by atoms with E-state index in [4.69, 9.17) is 5.73 Å². The number of hydrogen-bond donors (Lipinski definition) is 4. The fraction of sp³-hybridized carbons (Fsp3) is 0.625. The van der Waals surface area contributed by atoms with Crippen molar-refractivity contribution in [3.05, 3.63) is 46.6 Å². The van der Waals surface area contributed by atoms with Gasteiger partial charge >= 0.3 is 0 Å². The molecule has 234 valence electrons. The first-order chi connectivity index (χ1) is 20.9. The summed E-state index contributed by atoms with van der Waals surface area (Å²) in [5.41, 5.74) is 10.2. The Hall–Kier alpha value is -3.76. The second-order valence-electron chi connectivity index (χ2n) is 12.1. The molecule has 2 amide bonds. The maximum absolute atomic E-state index is 13.0. The van der Waals surface area contributed by atoms with Gasteiger partial charge in [0.05, 0.1) is 11.3 Å². The van der Waals surface area contributed by atoms with Gasteiger partial charge in [-0.3, -0.25) is 9.59 Å². The molecular weight excluding hydrogens is 542 g/mol. The van der Waals surface area contributed by atoms with Crippen LogP contribution in [0.3, 0.4) is 0 Å². The lowest BCUT2D eigenvalue weighted by Gasteiger charge is -2.24. The Balaban J connectivity index is 0.000000191. The number of nitrogen functional groups attached to an aromatic ring is 1. The molecule has 4 aliphatic rings. The normalized spacial score (nSPS) is 18.5. The van der Waals surface area contributed by atoms with Crippen LogP contribution in [0.1, 0.15) is 96.6 Å². The van der Waals surface area contributed by atoms with Crippen LogP contribution in [-0.2, 0) is 9.59 Å². The summed E-state index contributed by atoms with van der Waals surface area (Å²) in [6.07, 6.45) is 14.9. The maximum Gasteiger partial charge on any atom is 0.253 e. The molecule has 1 saturated heterocycles. The van der Waals surface area contributed by atoms with Crippen molar-refractivity contribution in [3.63, 3.8) is 0 Å². The van der Waals surface area contributed by atoms with E-state index >= 15 is 0 Å². The summed E-state index contributed by atoms with van der Waals surface area (Å²) in [6.45, 7) is 9.09. The third-order valence-corrected chi connectivity index (χ3v) is 8.19. The zero-order valence-corrected chi connectivity index (χ0v) is 26.1. The van der Waals surface area contributed by atoms with Gasteiger partial charge < -0.3 is 21.3 Å². The number of aryl methyl sites for hydroxylation is 1. The maximum atomic E-state index is 13.0. The number of hydrogen-bond acceptors (Lipinski definition) is 8. The second kappa shape index (κ2) is 16.2. The first-order valence-electron chi connectivity index (χ1n) is 16.0. The minimum Gasteiger partial charge on any atom is -0.368 e. The molecule has 3 aliphatic carbocycles. The number of nitrogens with one attached hydrogen (secondary N) is 3. The van der Waals surface area contributed by atoms with E-state index in [1.807, 2.05) is 26.0 Å². The Bertz CT molecular complexity index is 1240. The number of nitrogens with two attached hydrogens (primary N) is 1. The fourth-order valence-corrected chi connectivity index (χ4v) is 5.44. The number of carbonyl (C=O) groups excluding carboxylic acids is 2. The highest BCUT2D eigenvalue weighted by molar-refractivity contribution is 5.99. The lowest BCUT2D eigenvalue weighted by atomic mass is 9.84. The van der Waals surface area contributed by atoms with Crippen LogP contribution >= 0.6 is 0 Å². The van der Waals surface area contributed by atoms with Gasteiger partial charge in [-0.1, -0.05) is 18.9 Å².